The summed E-state index contributed by atoms with van der Waals surface area (Å²) in [4.78, 5) is 16.7. The van der Waals surface area contributed by atoms with E-state index in [2.05, 4.69) is 23.7 Å². The standard InChI is InChI=1S/C15H16N2O2/c1-2-10-3-12(7-16-6-10)11-4-13-8-17(15(18)19)9-14(13)5-11/h2-4,6-7,13-14H,1,5,8-9H2,(H,18,19)/t13-,14+/m1/s1. The summed E-state index contributed by atoms with van der Waals surface area (Å²) >= 11 is 0. The summed E-state index contributed by atoms with van der Waals surface area (Å²) in [6.45, 7) is 5.02. The monoisotopic (exact) mass is 256 g/mol. The van der Waals surface area contributed by atoms with E-state index in [1.54, 1.807) is 12.3 Å². The summed E-state index contributed by atoms with van der Waals surface area (Å²) in [6.07, 6.45) is 7.81. The van der Waals surface area contributed by atoms with Crippen molar-refractivity contribution in [1.82, 2.24) is 9.88 Å². The van der Waals surface area contributed by atoms with Gasteiger partial charge in [0.2, 0.25) is 0 Å². The second-order valence-electron chi connectivity index (χ2n) is 5.22. The van der Waals surface area contributed by atoms with Crippen LogP contribution in [0.15, 0.2) is 31.1 Å². The zero-order valence-electron chi connectivity index (χ0n) is 10.6. The summed E-state index contributed by atoms with van der Waals surface area (Å²) in [5.41, 5.74) is 3.44. The summed E-state index contributed by atoms with van der Waals surface area (Å²) < 4.78 is 0. The van der Waals surface area contributed by atoms with Gasteiger partial charge in [-0.1, -0.05) is 18.7 Å². The van der Waals surface area contributed by atoms with Crippen LogP contribution in [0.5, 0.6) is 0 Å². The minimum atomic E-state index is -0.806. The predicted octanol–water partition coefficient (Wildman–Crippen LogP) is 2.74. The lowest BCUT2D eigenvalue weighted by atomic mass is 9.98. The van der Waals surface area contributed by atoms with E-state index in [0.717, 1.165) is 17.5 Å². The normalized spacial score (nSPS) is 25.1. The Hall–Kier alpha value is -2.10. The highest BCUT2D eigenvalue weighted by Crippen LogP contribution is 2.40. The second-order valence-corrected chi connectivity index (χ2v) is 5.22. The van der Waals surface area contributed by atoms with E-state index in [4.69, 9.17) is 5.11 Å². The van der Waals surface area contributed by atoms with E-state index in [-0.39, 0.29) is 0 Å². The van der Waals surface area contributed by atoms with Crippen LogP contribution in [-0.4, -0.2) is 34.2 Å². The van der Waals surface area contributed by atoms with Gasteiger partial charge in [0.1, 0.15) is 0 Å². The first-order valence-corrected chi connectivity index (χ1v) is 6.44. The molecular weight excluding hydrogens is 240 g/mol. The third-order valence-corrected chi connectivity index (χ3v) is 4.03. The summed E-state index contributed by atoms with van der Waals surface area (Å²) in [7, 11) is 0. The fourth-order valence-corrected chi connectivity index (χ4v) is 3.03. The highest BCUT2D eigenvalue weighted by atomic mass is 16.4. The molecule has 0 spiro atoms. The molecule has 2 heterocycles. The number of fused-ring (bicyclic) bond motifs is 1. The van der Waals surface area contributed by atoms with Crippen LogP contribution < -0.4 is 0 Å². The number of nitrogens with zero attached hydrogens (tertiary/aromatic N) is 2. The third-order valence-electron chi connectivity index (χ3n) is 4.03. The van der Waals surface area contributed by atoms with Crippen LogP contribution in [-0.2, 0) is 0 Å². The molecule has 3 rings (SSSR count). The van der Waals surface area contributed by atoms with E-state index in [1.807, 2.05) is 6.20 Å². The van der Waals surface area contributed by atoms with Crippen molar-refractivity contribution in [2.75, 3.05) is 13.1 Å². The number of carbonyl (C=O) groups is 1. The number of aromatic nitrogens is 1. The Kier molecular flexibility index (Phi) is 2.85. The van der Waals surface area contributed by atoms with Crippen molar-refractivity contribution in [2.24, 2.45) is 11.8 Å². The van der Waals surface area contributed by atoms with Crippen LogP contribution >= 0.6 is 0 Å². The average molecular weight is 256 g/mol. The smallest absolute Gasteiger partial charge is 0.407 e. The Morgan fingerprint density at radius 1 is 1.47 bits per heavy atom. The highest BCUT2D eigenvalue weighted by Gasteiger charge is 2.38. The van der Waals surface area contributed by atoms with Crippen LogP contribution in [0, 0.1) is 11.8 Å². The lowest BCUT2D eigenvalue weighted by Crippen LogP contribution is -2.27. The zero-order chi connectivity index (χ0) is 13.4. The lowest BCUT2D eigenvalue weighted by molar-refractivity contribution is 0.153. The Morgan fingerprint density at radius 3 is 3.00 bits per heavy atom. The first-order chi connectivity index (χ1) is 9.17. The molecule has 4 nitrogen and oxygen atoms in total. The Morgan fingerprint density at radius 2 is 2.32 bits per heavy atom. The lowest BCUT2D eigenvalue weighted by Gasteiger charge is -2.12. The van der Waals surface area contributed by atoms with Crippen molar-refractivity contribution in [3.63, 3.8) is 0 Å². The van der Waals surface area contributed by atoms with Gasteiger partial charge in [0.15, 0.2) is 0 Å². The van der Waals surface area contributed by atoms with E-state index < -0.39 is 6.09 Å². The molecule has 2 atom stereocenters. The molecule has 1 fully saturated rings. The van der Waals surface area contributed by atoms with Crippen LogP contribution in [0.25, 0.3) is 11.6 Å². The number of amides is 1. The molecular formula is C15H16N2O2. The molecule has 0 radical (unpaired) electrons. The Balaban J connectivity index is 1.80. The predicted molar refractivity (Wildman–Crippen MR) is 73.5 cm³/mol. The van der Waals surface area contributed by atoms with E-state index in [9.17, 15) is 4.79 Å². The van der Waals surface area contributed by atoms with Crippen LogP contribution in [0.4, 0.5) is 4.79 Å². The molecule has 0 saturated carbocycles. The molecule has 1 aromatic rings. The first kappa shape index (κ1) is 12.0. The zero-order valence-corrected chi connectivity index (χ0v) is 10.6. The quantitative estimate of drug-likeness (QED) is 0.885. The molecule has 4 heteroatoms. The number of hydrogen-bond donors (Lipinski definition) is 1. The molecule has 19 heavy (non-hydrogen) atoms. The fraction of sp³-hybridized carbons (Fsp3) is 0.333. The van der Waals surface area contributed by atoms with Gasteiger partial charge in [-0.3, -0.25) is 4.98 Å². The topological polar surface area (TPSA) is 53.4 Å². The van der Waals surface area contributed by atoms with Crippen molar-refractivity contribution in [1.29, 1.82) is 0 Å². The summed E-state index contributed by atoms with van der Waals surface area (Å²) in [5.74, 6) is 0.789. The van der Waals surface area contributed by atoms with Gasteiger partial charge in [-0.2, -0.15) is 0 Å². The average Bonchev–Trinajstić information content (AvgIpc) is 2.96. The third kappa shape index (κ3) is 2.14. The largest absolute Gasteiger partial charge is 0.465 e. The molecule has 0 aromatic carbocycles. The Labute approximate surface area is 112 Å². The minimum absolute atomic E-state index is 0.360. The van der Waals surface area contributed by atoms with E-state index in [1.165, 1.54) is 10.5 Å². The fourth-order valence-electron chi connectivity index (χ4n) is 3.03. The number of allylic oxidation sites excluding steroid dienone is 1. The van der Waals surface area contributed by atoms with Crippen LogP contribution in [0.1, 0.15) is 17.5 Å². The molecule has 1 amide bonds. The summed E-state index contributed by atoms with van der Waals surface area (Å²) in [6, 6.07) is 2.09. The molecule has 2 aliphatic rings. The molecule has 1 N–H and O–H groups in total. The number of hydrogen-bond acceptors (Lipinski definition) is 2. The molecule has 1 aromatic heterocycles. The van der Waals surface area contributed by atoms with Crippen LogP contribution in [0.3, 0.4) is 0 Å². The number of likely N-dealkylation sites (tertiary alicyclic amines) is 1. The van der Waals surface area contributed by atoms with Gasteiger partial charge in [-0.15, -0.1) is 0 Å². The van der Waals surface area contributed by atoms with Gasteiger partial charge >= 0.3 is 6.09 Å². The van der Waals surface area contributed by atoms with Crippen LogP contribution in [0.2, 0.25) is 0 Å². The SMILES string of the molecule is C=Cc1cncc(C2=C[C@@H]3CN(C(=O)O)C[C@@H]3C2)c1. The molecule has 1 aliphatic carbocycles. The van der Waals surface area contributed by atoms with Crippen molar-refractivity contribution in [2.45, 2.75) is 6.42 Å². The number of rotatable bonds is 2. The molecule has 98 valence electrons. The van der Waals surface area contributed by atoms with Crippen molar-refractivity contribution in [3.05, 3.63) is 42.2 Å². The maximum atomic E-state index is 11.0. The molecule has 1 aliphatic heterocycles. The van der Waals surface area contributed by atoms with Crippen molar-refractivity contribution >= 4 is 17.7 Å². The second kappa shape index (κ2) is 4.53. The van der Waals surface area contributed by atoms with Gasteiger partial charge in [0, 0.05) is 25.5 Å². The van der Waals surface area contributed by atoms with Gasteiger partial charge in [0.25, 0.3) is 0 Å². The van der Waals surface area contributed by atoms with Gasteiger partial charge in [-0.25, -0.2) is 4.79 Å². The Bertz CT molecular complexity index is 565. The van der Waals surface area contributed by atoms with E-state index in [0.29, 0.717) is 24.9 Å². The maximum absolute atomic E-state index is 11.0. The van der Waals surface area contributed by atoms with Crippen molar-refractivity contribution < 1.29 is 9.90 Å². The number of pyridine rings is 1. The number of carboxylic acid groups (broad SMARTS) is 1. The molecule has 1 saturated heterocycles. The first-order valence-electron chi connectivity index (χ1n) is 6.44. The molecule has 0 bridgehead atoms. The van der Waals surface area contributed by atoms with Gasteiger partial charge in [0.05, 0.1) is 0 Å². The highest BCUT2D eigenvalue weighted by molar-refractivity contribution is 5.71. The maximum Gasteiger partial charge on any atom is 0.407 e. The summed E-state index contributed by atoms with van der Waals surface area (Å²) in [5, 5.41) is 9.00. The van der Waals surface area contributed by atoms with E-state index >= 15 is 0 Å². The van der Waals surface area contributed by atoms with Gasteiger partial charge < -0.3 is 10.0 Å². The molecule has 0 unspecified atom stereocenters. The van der Waals surface area contributed by atoms with Crippen molar-refractivity contribution in [3.8, 4) is 0 Å². The van der Waals surface area contributed by atoms with Gasteiger partial charge in [-0.05, 0) is 41.0 Å². The minimum Gasteiger partial charge on any atom is -0.465 e.